The summed E-state index contributed by atoms with van der Waals surface area (Å²) in [6, 6.07) is 3.56. The Hall–Kier alpha value is -1.48. The molecule has 134 valence electrons. The predicted octanol–water partition coefficient (Wildman–Crippen LogP) is 5.04. The fraction of sp³-hybridized carbons (Fsp3) is 0.619. The van der Waals surface area contributed by atoms with Gasteiger partial charge in [-0.1, -0.05) is 31.4 Å². The molecule has 0 bridgehead atoms. The van der Waals surface area contributed by atoms with Crippen LogP contribution in [0.25, 0.3) is 0 Å². The number of hydrogen-bond acceptors (Lipinski definition) is 3. The van der Waals surface area contributed by atoms with Crippen LogP contribution in [-0.4, -0.2) is 20.9 Å². The molecule has 0 aliphatic heterocycles. The molecule has 3 N–H and O–H groups in total. The lowest BCUT2D eigenvalue weighted by molar-refractivity contribution is 0.00421. The summed E-state index contributed by atoms with van der Waals surface area (Å²) in [4.78, 5) is 0. The van der Waals surface area contributed by atoms with Gasteiger partial charge >= 0.3 is 0 Å². The maximum Gasteiger partial charge on any atom is 0.123 e. The number of unbranched alkanes of at least 4 members (excludes halogenated alkanes) is 2. The van der Waals surface area contributed by atoms with Crippen LogP contribution in [0.4, 0.5) is 0 Å². The second-order valence-corrected chi connectivity index (χ2v) is 7.84. The van der Waals surface area contributed by atoms with Crippen LogP contribution in [0.1, 0.15) is 76.8 Å². The largest absolute Gasteiger partial charge is 0.507 e. The molecule has 24 heavy (non-hydrogen) atoms. The molecule has 2 rings (SSSR count). The minimum atomic E-state index is -0.861. The Morgan fingerprint density at radius 2 is 1.75 bits per heavy atom. The highest BCUT2D eigenvalue weighted by atomic mass is 16.3. The second kappa shape index (κ2) is 7.60. The molecule has 3 nitrogen and oxygen atoms in total. The quantitative estimate of drug-likeness (QED) is 0.505. The summed E-state index contributed by atoms with van der Waals surface area (Å²) < 4.78 is 0. The minimum Gasteiger partial charge on any atom is -0.507 e. The number of aromatic hydroxyl groups is 2. The van der Waals surface area contributed by atoms with Gasteiger partial charge in [-0.25, -0.2) is 0 Å². The van der Waals surface area contributed by atoms with Crippen molar-refractivity contribution < 1.29 is 15.3 Å². The van der Waals surface area contributed by atoms with E-state index in [9.17, 15) is 15.3 Å². The lowest BCUT2D eigenvalue weighted by Gasteiger charge is -2.38. The summed E-state index contributed by atoms with van der Waals surface area (Å²) >= 11 is 0. The number of aliphatic hydroxyl groups is 1. The molecule has 2 atom stereocenters. The molecule has 3 heteroatoms. The first kappa shape index (κ1) is 18.9. The van der Waals surface area contributed by atoms with Crippen molar-refractivity contribution in [3.63, 3.8) is 0 Å². The second-order valence-electron chi connectivity index (χ2n) is 7.84. The summed E-state index contributed by atoms with van der Waals surface area (Å²) in [5.41, 5.74) is 1.91. The van der Waals surface area contributed by atoms with Gasteiger partial charge in [0, 0.05) is 11.5 Å². The Bertz CT molecular complexity index is 573. The van der Waals surface area contributed by atoms with Gasteiger partial charge in [0.2, 0.25) is 0 Å². The molecule has 0 spiro atoms. The van der Waals surface area contributed by atoms with Crippen molar-refractivity contribution in [2.75, 3.05) is 0 Å². The van der Waals surface area contributed by atoms with Crippen LogP contribution < -0.4 is 0 Å². The molecule has 1 aromatic carbocycles. The maximum absolute atomic E-state index is 10.6. The zero-order chi connectivity index (χ0) is 17.9. The van der Waals surface area contributed by atoms with E-state index >= 15 is 0 Å². The summed E-state index contributed by atoms with van der Waals surface area (Å²) in [6.45, 7) is 7.85. The van der Waals surface area contributed by atoms with Crippen molar-refractivity contribution in [2.24, 2.45) is 5.92 Å². The molecule has 0 heterocycles. The van der Waals surface area contributed by atoms with Gasteiger partial charge in [-0.3, -0.25) is 0 Å². The van der Waals surface area contributed by atoms with Gasteiger partial charge in [0.25, 0.3) is 0 Å². The number of aryl methyl sites for hydroxylation is 1. The van der Waals surface area contributed by atoms with E-state index < -0.39 is 5.60 Å². The van der Waals surface area contributed by atoms with Gasteiger partial charge in [-0.2, -0.15) is 0 Å². The van der Waals surface area contributed by atoms with E-state index in [0.29, 0.717) is 5.56 Å². The van der Waals surface area contributed by atoms with E-state index in [1.807, 2.05) is 13.8 Å². The normalized spacial score (nSPS) is 21.6. The van der Waals surface area contributed by atoms with E-state index in [1.54, 1.807) is 12.1 Å². The van der Waals surface area contributed by atoms with Gasteiger partial charge < -0.3 is 15.3 Å². The van der Waals surface area contributed by atoms with Crippen molar-refractivity contribution in [3.8, 4) is 11.5 Å². The van der Waals surface area contributed by atoms with E-state index in [0.717, 1.165) is 44.1 Å². The van der Waals surface area contributed by atoms with Gasteiger partial charge in [0.05, 0.1) is 5.60 Å². The average Bonchev–Trinajstić information content (AvgIpc) is 2.45. The predicted molar refractivity (Wildman–Crippen MR) is 98.5 cm³/mol. The minimum absolute atomic E-state index is 0.0241. The molecule has 0 radical (unpaired) electrons. The fourth-order valence-corrected chi connectivity index (χ4v) is 3.89. The number of phenols is 2. The molecule has 1 aromatic rings. The van der Waals surface area contributed by atoms with Crippen molar-refractivity contribution in [1.29, 1.82) is 0 Å². The lowest BCUT2D eigenvalue weighted by atomic mass is 9.69. The number of phenolic OH excluding ortho intramolecular Hbond substituents is 2. The van der Waals surface area contributed by atoms with Crippen LogP contribution in [0.15, 0.2) is 23.8 Å². The van der Waals surface area contributed by atoms with Gasteiger partial charge in [-0.05, 0) is 70.1 Å². The average molecular weight is 332 g/mol. The smallest absolute Gasteiger partial charge is 0.123 e. The van der Waals surface area contributed by atoms with Crippen LogP contribution in [0, 0.1) is 5.92 Å². The molecular weight excluding hydrogens is 300 g/mol. The molecule has 1 aliphatic carbocycles. The van der Waals surface area contributed by atoms with Crippen molar-refractivity contribution >= 4 is 0 Å². The third-order valence-electron chi connectivity index (χ3n) is 5.25. The summed E-state index contributed by atoms with van der Waals surface area (Å²) in [7, 11) is 0. The third kappa shape index (κ3) is 4.32. The van der Waals surface area contributed by atoms with Crippen molar-refractivity contribution in [2.45, 2.75) is 77.7 Å². The lowest BCUT2D eigenvalue weighted by Crippen LogP contribution is -2.36. The fourth-order valence-electron chi connectivity index (χ4n) is 3.89. The topological polar surface area (TPSA) is 60.7 Å². The molecule has 1 aliphatic rings. The molecule has 0 amide bonds. The van der Waals surface area contributed by atoms with Gasteiger partial charge in [0.1, 0.15) is 11.5 Å². The maximum atomic E-state index is 10.6. The highest BCUT2D eigenvalue weighted by Crippen LogP contribution is 2.47. The molecule has 0 fully saturated rings. The van der Waals surface area contributed by atoms with Crippen molar-refractivity contribution in [1.82, 2.24) is 0 Å². The number of rotatable bonds is 6. The first-order chi connectivity index (χ1) is 11.2. The number of benzene rings is 1. The monoisotopic (exact) mass is 332 g/mol. The van der Waals surface area contributed by atoms with Gasteiger partial charge in [0.15, 0.2) is 0 Å². The van der Waals surface area contributed by atoms with Crippen LogP contribution in [0.3, 0.4) is 0 Å². The molecular formula is C21H32O3. The van der Waals surface area contributed by atoms with Gasteiger partial charge in [-0.15, -0.1) is 0 Å². The Labute approximate surface area is 146 Å². The van der Waals surface area contributed by atoms with E-state index in [-0.39, 0.29) is 23.3 Å². The third-order valence-corrected chi connectivity index (χ3v) is 5.25. The summed E-state index contributed by atoms with van der Waals surface area (Å²) in [5.74, 6) is 0.103. The first-order valence-corrected chi connectivity index (χ1v) is 9.18. The molecule has 0 unspecified atom stereocenters. The summed E-state index contributed by atoms with van der Waals surface area (Å²) in [5, 5.41) is 31.7. The standard InChI is InChI=1S/C21H32O3/c1-5-6-7-8-15-12-18(22)20(19(23)13-15)16-11-14(2)9-10-17(16)21(3,4)24/h11-13,16-17,22-24H,5-10H2,1-4H3/t16-,17-/m1/s1. The van der Waals surface area contributed by atoms with E-state index in [1.165, 1.54) is 5.57 Å². The van der Waals surface area contributed by atoms with E-state index in [4.69, 9.17) is 0 Å². The van der Waals surface area contributed by atoms with Crippen LogP contribution >= 0.6 is 0 Å². The van der Waals surface area contributed by atoms with E-state index in [2.05, 4.69) is 19.9 Å². The van der Waals surface area contributed by atoms with Crippen molar-refractivity contribution in [3.05, 3.63) is 34.9 Å². The Balaban J connectivity index is 2.36. The molecule has 0 aromatic heterocycles. The number of hydrogen-bond donors (Lipinski definition) is 3. The Morgan fingerprint density at radius 1 is 1.12 bits per heavy atom. The van der Waals surface area contributed by atoms with Crippen LogP contribution in [0.2, 0.25) is 0 Å². The Kier molecular flexibility index (Phi) is 5.97. The van der Waals surface area contributed by atoms with Crippen LogP contribution in [0.5, 0.6) is 11.5 Å². The molecule has 0 saturated heterocycles. The number of allylic oxidation sites excluding steroid dienone is 2. The first-order valence-electron chi connectivity index (χ1n) is 9.18. The zero-order valence-corrected chi connectivity index (χ0v) is 15.5. The SMILES string of the molecule is CCCCCc1cc(O)c([C@@H]2C=C(C)CC[C@H]2C(C)(C)O)c(O)c1. The Morgan fingerprint density at radius 3 is 2.29 bits per heavy atom. The highest BCUT2D eigenvalue weighted by molar-refractivity contribution is 5.51. The summed E-state index contributed by atoms with van der Waals surface area (Å²) in [6.07, 6.45) is 8.12. The van der Waals surface area contributed by atoms with Crippen LogP contribution in [-0.2, 0) is 6.42 Å². The molecule has 0 saturated carbocycles. The zero-order valence-electron chi connectivity index (χ0n) is 15.5. The highest BCUT2D eigenvalue weighted by Gasteiger charge is 2.38.